The molecule has 17 heavy (non-hydrogen) atoms. The summed E-state index contributed by atoms with van der Waals surface area (Å²) in [6.45, 7) is 0. The molecule has 2 aromatic rings. The van der Waals surface area contributed by atoms with Crippen LogP contribution in [0.25, 0.3) is 5.65 Å². The zero-order chi connectivity index (χ0) is 11.4. The molecule has 0 N–H and O–H groups in total. The lowest BCUT2D eigenvalue weighted by atomic mass is 10.0. The molecule has 88 valence electrons. The van der Waals surface area contributed by atoms with Gasteiger partial charge in [-0.3, -0.25) is 0 Å². The van der Waals surface area contributed by atoms with E-state index in [0.717, 1.165) is 11.3 Å². The number of nitrogens with zero attached hydrogens (tertiary/aromatic N) is 4. The van der Waals surface area contributed by atoms with Crippen molar-refractivity contribution in [2.45, 2.75) is 37.8 Å². The van der Waals surface area contributed by atoms with Gasteiger partial charge in [-0.1, -0.05) is 11.6 Å². The topological polar surface area (TPSA) is 33.4 Å². The summed E-state index contributed by atoms with van der Waals surface area (Å²) in [5.41, 5.74) is 2.08. The Kier molecular flexibility index (Phi) is 1.92. The summed E-state index contributed by atoms with van der Waals surface area (Å²) in [5, 5.41) is 4.77. The maximum atomic E-state index is 6.09. The maximum Gasteiger partial charge on any atom is 0.177 e. The van der Waals surface area contributed by atoms with Crippen molar-refractivity contribution in [3.05, 3.63) is 23.6 Å². The van der Waals surface area contributed by atoms with E-state index < -0.39 is 0 Å². The van der Waals surface area contributed by atoms with Crippen LogP contribution >= 0.6 is 11.6 Å². The van der Waals surface area contributed by atoms with Gasteiger partial charge in [-0.15, -0.1) is 0 Å². The molecule has 0 aliphatic carbocycles. The second-order valence-electron chi connectivity index (χ2n) is 4.92. The normalized spacial score (nSPS) is 27.2. The number of halogens is 1. The van der Waals surface area contributed by atoms with Crippen LogP contribution in [0.1, 0.15) is 25.7 Å². The first-order valence-electron chi connectivity index (χ1n) is 6.11. The van der Waals surface area contributed by atoms with Gasteiger partial charge in [0.25, 0.3) is 0 Å². The molecule has 2 aromatic heterocycles. The first-order valence-corrected chi connectivity index (χ1v) is 6.49. The highest BCUT2D eigenvalue weighted by Crippen LogP contribution is 2.42. The van der Waals surface area contributed by atoms with Crippen LogP contribution in [0.15, 0.2) is 18.5 Å². The van der Waals surface area contributed by atoms with E-state index in [4.69, 9.17) is 11.6 Å². The lowest BCUT2D eigenvalue weighted by Crippen LogP contribution is -2.28. The Morgan fingerprint density at radius 2 is 1.88 bits per heavy atom. The number of fused-ring (bicyclic) bond motifs is 3. The number of hydrogen-bond acceptors (Lipinski definition) is 3. The van der Waals surface area contributed by atoms with Crippen LogP contribution in [0, 0.1) is 0 Å². The standard InChI is InChI=1S/C12H13ClN4/c13-11-7-10(12-14-5-6-16(12)15-11)17-8-1-2-9(17)4-3-8/h5-9H,1-4H2. The Labute approximate surface area is 104 Å². The van der Waals surface area contributed by atoms with Crippen molar-refractivity contribution in [2.75, 3.05) is 4.90 Å². The first-order chi connectivity index (χ1) is 8.33. The average molecular weight is 249 g/mol. The molecule has 2 aliphatic heterocycles. The summed E-state index contributed by atoms with van der Waals surface area (Å²) in [7, 11) is 0. The molecule has 2 saturated heterocycles. The van der Waals surface area contributed by atoms with Crippen LogP contribution in [0.5, 0.6) is 0 Å². The average Bonchev–Trinajstić information content (AvgIpc) is 3.01. The quantitative estimate of drug-likeness (QED) is 0.778. The van der Waals surface area contributed by atoms with Crippen molar-refractivity contribution >= 4 is 22.9 Å². The van der Waals surface area contributed by atoms with Crippen LogP contribution in [0.3, 0.4) is 0 Å². The zero-order valence-electron chi connectivity index (χ0n) is 9.38. The van der Waals surface area contributed by atoms with E-state index in [1.807, 2.05) is 12.3 Å². The fourth-order valence-corrected chi connectivity index (χ4v) is 3.55. The Morgan fingerprint density at radius 3 is 2.59 bits per heavy atom. The first kappa shape index (κ1) is 9.71. The van der Waals surface area contributed by atoms with Gasteiger partial charge in [0.05, 0.1) is 5.69 Å². The molecular weight excluding hydrogens is 236 g/mol. The SMILES string of the molecule is Clc1cc(N2C3CCC2CC3)c2nccn2n1. The van der Waals surface area contributed by atoms with Crippen LogP contribution in [0.2, 0.25) is 5.15 Å². The van der Waals surface area contributed by atoms with Crippen molar-refractivity contribution < 1.29 is 0 Å². The van der Waals surface area contributed by atoms with Gasteiger partial charge in [0.15, 0.2) is 10.8 Å². The van der Waals surface area contributed by atoms with Crippen molar-refractivity contribution in [3.8, 4) is 0 Å². The molecule has 2 aliphatic rings. The molecule has 5 heteroatoms. The number of anilines is 1. The van der Waals surface area contributed by atoms with E-state index in [0.29, 0.717) is 17.2 Å². The molecular formula is C12H13ClN4. The van der Waals surface area contributed by atoms with Gasteiger partial charge in [0.1, 0.15) is 0 Å². The predicted octanol–water partition coefficient (Wildman–Crippen LogP) is 2.51. The lowest BCUT2D eigenvalue weighted by Gasteiger charge is -2.24. The van der Waals surface area contributed by atoms with Crippen molar-refractivity contribution in [1.82, 2.24) is 14.6 Å². The van der Waals surface area contributed by atoms with Gasteiger partial charge < -0.3 is 4.90 Å². The Hall–Kier alpha value is -1.29. The molecule has 0 radical (unpaired) electrons. The van der Waals surface area contributed by atoms with E-state index in [9.17, 15) is 0 Å². The smallest absolute Gasteiger partial charge is 0.177 e. The molecule has 4 heterocycles. The highest BCUT2D eigenvalue weighted by Gasteiger charge is 2.40. The largest absolute Gasteiger partial charge is 0.362 e. The van der Waals surface area contributed by atoms with E-state index in [1.54, 1.807) is 10.7 Å². The number of rotatable bonds is 1. The van der Waals surface area contributed by atoms with Gasteiger partial charge in [-0.25, -0.2) is 9.50 Å². The Bertz CT molecular complexity index is 559. The molecule has 2 fully saturated rings. The fraction of sp³-hybridized carbons (Fsp3) is 0.500. The third-order valence-corrected chi connectivity index (χ3v) is 4.23. The predicted molar refractivity (Wildman–Crippen MR) is 66.5 cm³/mol. The van der Waals surface area contributed by atoms with Crippen molar-refractivity contribution in [1.29, 1.82) is 0 Å². The number of hydrogen-bond donors (Lipinski definition) is 0. The van der Waals surface area contributed by atoms with Gasteiger partial charge in [0, 0.05) is 30.5 Å². The monoisotopic (exact) mass is 248 g/mol. The van der Waals surface area contributed by atoms with Crippen LogP contribution in [-0.2, 0) is 0 Å². The summed E-state index contributed by atoms with van der Waals surface area (Å²) < 4.78 is 1.77. The third kappa shape index (κ3) is 1.30. The molecule has 0 spiro atoms. The molecule has 2 bridgehead atoms. The van der Waals surface area contributed by atoms with Crippen LogP contribution in [-0.4, -0.2) is 26.7 Å². The molecule has 0 atom stereocenters. The summed E-state index contributed by atoms with van der Waals surface area (Å²) in [6.07, 6.45) is 8.84. The zero-order valence-corrected chi connectivity index (χ0v) is 10.1. The third-order valence-electron chi connectivity index (χ3n) is 4.04. The minimum atomic E-state index is 0.539. The Morgan fingerprint density at radius 1 is 1.18 bits per heavy atom. The molecule has 4 rings (SSSR count). The Balaban J connectivity index is 1.92. The van der Waals surface area contributed by atoms with Crippen LogP contribution < -0.4 is 4.90 Å². The van der Waals surface area contributed by atoms with E-state index in [1.165, 1.54) is 25.7 Å². The van der Waals surface area contributed by atoms with Gasteiger partial charge >= 0.3 is 0 Å². The van der Waals surface area contributed by atoms with E-state index in [-0.39, 0.29) is 0 Å². The second-order valence-corrected chi connectivity index (χ2v) is 5.30. The lowest BCUT2D eigenvalue weighted by molar-refractivity contribution is 0.576. The van der Waals surface area contributed by atoms with Crippen molar-refractivity contribution in [2.24, 2.45) is 0 Å². The van der Waals surface area contributed by atoms with Gasteiger partial charge in [-0.05, 0) is 25.7 Å². The number of aromatic nitrogens is 3. The minimum Gasteiger partial charge on any atom is -0.362 e. The van der Waals surface area contributed by atoms with Gasteiger partial charge in [0.2, 0.25) is 0 Å². The molecule has 0 amide bonds. The summed E-state index contributed by atoms with van der Waals surface area (Å²) in [4.78, 5) is 6.91. The maximum absolute atomic E-state index is 6.09. The molecule has 4 nitrogen and oxygen atoms in total. The summed E-state index contributed by atoms with van der Waals surface area (Å²) >= 11 is 6.09. The van der Waals surface area contributed by atoms with Gasteiger partial charge in [-0.2, -0.15) is 5.10 Å². The summed E-state index contributed by atoms with van der Waals surface area (Å²) in [5.74, 6) is 0. The second kappa shape index (κ2) is 3.35. The highest BCUT2D eigenvalue weighted by atomic mass is 35.5. The number of imidazole rings is 1. The molecule has 0 aromatic carbocycles. The minimum absolute atomic E-state index is 0.539. The highest BCUT2D eigenvalue weighted by molar-refractivity contribution is 6.29. The van der Waals surface area contributed by atoms with Crippen LogP contribution in [0.4, 0.5) is 5.69 Å². The van der Waals surface area contributed by atoms with Crippen molar-refractivity contribution in [3.63, 3.8) is 0 Å². The van der Waals surface area contributed by atoms with E-state index in [2.05, 4.69) is 15.0 Å². The molecule has 0 saturated carbocycles. The van der Waals surface area contributed by atoms with E-state index >= 15 is 0 Å². The molecule has 0 unspecified atom stereocenters. The fourth-order valence-electron chi connectivity index (χ4n) is 3.37. The summed E-state index contributed by atoms with van der Waals surface area (Å²) in [6, 6.07) is 3.32.